The van der Waals surface area contributed by atoms with E-state index in [0.29, 0.717) is 58.4 Å². The number of hydrogen-bond donors (Lipinski definition) is 8. The van der Waals surface area contributed by atoms with E-state index in [1.165, 1.54) is 0 Å². The topological polar surface area (TPSA) is 274 Å². The molecule has 0 aromatic rings. The third-order valence-corrected chi connectivity index (χ3v) is 6.75. The maximum absolute atomic E-state index is 11.7. The molecule has 2 heterocycles. The average Bonchev–Trinajstić information content (AvgIpc) is 2.91. The molecule has 2 fully saturated rings. The van der Waals surface area contributed by atoms with Crippen molar-refractivity contribution in [2.45, 2.75) is 101 Å². The highest BCUT2D eigenvalue weighted by Gasteiger charge is 2.41. The summed E-state index contributed by atoms with van der Waals surface area (Å²) in [6.07, 6.45) is 3.64. The highest BCUT2D eigenvalue weighted by molar-refractivity contribution is 5.77. The van der Waals surface area contributed by atoms with Crippen LogP contribution in [0.5, 0.6) is 0 Å². The van der Waals surface area contributed by atoms with Crippen LogP contribution in [0.2, 0.25) is 0 Å². The SMILES string of the molecule is CC1CO[C@@](O)(CN=C([O-])[C@@H](N)CCCCN)C(O)C1.NCCCC[C@H](N)C([O-])=NC[C@]1(O)OCCCC1O. The predicted octanol–water partition coefficient (Wildman–Crippen LogP) is -3.63. The van der Waals surface area contributed by atoms with Crippen molar-refractivity contribution in [3.05, 3.63) is 0 Å². The zero-order valence-corrected chi connectivity index (χ0v) is 23.1. The van der Waals surface area contributed by atoms with Crippen LogP contribution in [-0.2, 0) is 9.47 Å². The lowest BCUT2D eigenvalue weighted by molar-refractivity contribution is -0.280. The summed E-state index contributed by atoms with van der Waals surface area (Å²) in [6, 6.07) is -1.37. The van der Waals surface area contributed by atoms with Gasteiger partial charge in [0.1, 0.15) is 12.2 Å². The van der Waals surface area contributed by atoms with Crippen molar-refractivity contribution in [2.75, 3.05) is 39.4 Å². The molecule has 2 saturated heterocycles. The van der Waals surface area contributed by atoms with Crippen LogP contribution in [0.4, 0.5) is 0 Å². The van der Waals surface area contributed by atoms with Crippen molar-refractivity contribution >= 4 is 11.8 Å². The number of aliphatic hydroxyl groups excluding tert-OH is 2. The summed E-state index contributed by atoms with van der Waals surface area (Å²) in [6.45, 7) is 3.16. The van der Waals surface area contributed by atoms with E-state index in [0.717, 1.165) is 25.7 Å². The van der Waals surface area contributed by atoms with Crippen molar-refractivity contribution in [2.24, 2.45) is 38.8 Å². The van der Waals surface area contributed by atoms with Crippen LogP contribution in [0.3, 0.4) is 0 Å². The van der Waals surface area contributed by atoms with Crippen LogP contribution in [0.1, 0.15) is 64.7 Å². The van der Waals surface area contributed by atoms with E-state index in [2.05, 4.69) is 9.98 Å². The van der Waals surface area contributed by atoms with Crippen LogP contribution in [-0.4, -0.2) is 107 Å². The van der Waals surface area contributed by atoms with E-state index >= 15 is 0 Å². The molecule has 7 atom stereocenters. The molecule has 0 amide bonds. The Balaban J connectivity index is 0.000000391. The number of aliphatic imine (C=N–C) groups is 2. The average molecular weight is 563 g/mol. The summed E-state index contributed by atoms with van der Waals surface area (Å²) >= 11 is 0. The minimum absolute atomic E-state index is 0.166. The van der Waals surface area contributed by atoms with Crippen LogP contribution in [0, 0.1) is 5.92 Å². The van der Waals surface area contributed by atoms with E-state index in [-0.39, 0.29) is 19.0 Å². The van der Waals surface area contributed by atoms with Crippen molar-refractivity contribution in [1.82, 2.24) is 0 Å². The second-order valence-corrected chi connectivity index (χ2v) is 10.5. The lowest BCUT2D eigenvalue weighted by Crippen LogP contribution is -2.53. The minimum atomic E-state index is -1.78. The van der Waals surface area contributed by atoms with Crippen molar-refractivity contribution in [3.63, 3.8) is 0 Å². The van der Waals surface area contributed by atoms with Gasteiger partial charge < -0.3 is 63.0 Å². The minimum Gasteiger partial charge on any atom is -0.861 e. The summed E-state index contributed by atoms with van der Waals surface area (Å²) in [7, 11) is 0. The van der Waals surface area contributed by atoms with Crippen molar-refractivity contribution < 1.29 is 40.1 Å². The van der Waals surface area contributed by atoms with Crippen LogP contribution in [0.15, 0.2) is 9.98 Å². The lowest BCUT2D eigenvalue weighted by Gasteiger charge is -2.38. The molecule has 2 aliphatic heterocycles. The highest BCUT2D eigenvalue weighted by Crippen LogP contribution is 2.27. The summed E-state index contributed by atoms with van der Waals surface area (Å²) in [4.78, 5) is 7.46. The Morgan fingerprint density at radius 1 is 0.872 bits per heavy atom. The number of rotatable bonds is 14. The molecule has 14 nitrogen and oxygen atoms in total. The maximum atomic E-state index is 11.7. The number of ether oxygens (including phenoxy) is 2. The molecular formula is C25H50N6O8-2. The van der Waals surface area contributed by atoms with Gasteiger partial charge in [-0.25, -0.2) is 0 Å². The molecule has 0 aromatic heterocycles. The molecule has 0 bridgehead atoms. The van der Waals surface area contributed by atoms with Gasteiger partial charge in [-0.3, -0.25) is 9.98 Å². The number of nitrogens with two attached hydrogens (primary N) is 4. The number of unbranched alkanes of at least 4 members (excludes halogenated alkanes) is 2. The molecule has 12 N–H and O–H groups in total. The normalized spacial score (nSPS) is 31.8. The first-order chi connectivity index (χ1) is 18.4. The van der Waals surface area contributed by atoms with Gasteiger partial charge in [-0.1, -0.05) is 19.8 Å². The molecule has 2 rings (SSSR count). The highest BCUT2D eigenvalue weighted by atomic mass is 16.6. The van der Waals surface area contributed by atoms with Gasteiger partial charge in [0.05, 0.1) is 26.3 Å². The monoisotopic (exact) mass is 562 g/mol. The Morgan fingerprint density at radius 2 is 1.36 bits per heavy atom. The summed E-state index contributed by atoms with van der Waals surface area (Å²) in [5, 5.41) is 63.0. The summed E-state index contributed by atoms with van der Waals surface area (Å²) in [5.41, 5.74) is 22.1. The molecular weight excluding hydrogens is 512 g/mol. The lowest BCUT2D eigenvalue weighted by atomic mass is 9.95. The van der Waals surface area contributed by atoms with Gasteiger partial charge in [0.25, 0.3) is 0 Å². The zero-order valence-electron chi connectivity index (χ0n) is 23.1. The van der Waals surface area contributed by atoms with Gasteiger partial charge in [-0.15, -0.1) is 0 Å². The molecule has 0 aromatic carbocycles. The quantitative estimate of drug-likeness (QED) is 0.0578. The molecule has 0 aliphatic carbocycles. The van der Waals surface area contributed by atoms with Gasteiger partial charge in [0.2, 0.25) is 11.6 Å². The van der Waals surface area contributed by atoms with Crippen LogP contribution in [0.25, 0.3) is 0 Å². The third-order valence-electron chi connectivity index (χ3n) is 6.75. The predicted molar refractivity (Wildman–Crippen MR) is 143 cm³/mol. The molecule has 230 valence electrons. The van der Waals surface area contributed by atoms with E-state index < -0.39 is 47.7 Å². The summed E-state index contributed by atoms with van der Waals surface area (Å²) < 4.78 is 10.3. The fraction of sp³-hybridized carbons (Fsp3) is 0.920. The number of hydrogen-bond acceptors (Lipinski definition) is 14. The zero-order chi connectivity index (χ0) is 29.5. The Bertz CT molecular complexity index is 747. The van der Waals surface area contributed by atoms with E-state index in [4.69, 9.17) is 32.4 Å². The first-order valence-corrected chi connectivity index (χ1v) is 13.8. The smallest absolute Gasteiger partial charge is 0.212 e. The third kappa shape index (κ3) is 12.7. The summed E-state index contributed by atoms with van der Waals surface area (Å²) in [5.74, 6) is -4.33. The largest absolute Gasteiger partial charge is 0.861 e. The van der Waals surface area contributed by atoms with Gasteiger partial charge in [0, 0.05) is 12.1 Å². The van der Waals surface area contributed by atoms with Crippen molar-refractivity contribution in [3.8, 4) is 0 Å². The molecule has 14 heteroatoms. The molecule has 0 spiro atoms. The van der Waals surface area contributed by atoms with Gasteiger partial charge in [0.15, 0.2) is 0 Å². The molecule has 0 radical (unpaired) electrons. The van der Waals surface area contributed by atoms with Crippen LogP contribution >= 0.6 is 0 Å². The fourth-order valence-corrected chi connectivity index (χ4v) is 4.05. The first kappa shape index (κ1) is 35.6. The van der Waals surface area contributed by atoms with Crippen molar-refractivity contribution in [1.29, 1.82) is 0 Å². The van der Waals surface area contributed by atoms with E-state index in [1.54, 1.807) is 0 Å². The molecule has 39 heavy (non-hydrogen) atoms. The Labute approximate surface area is 231 Å². The first-order valence-electron chi connectivity index (χ1n) is 13.8. The van der Waals surface area contributed by atoms with Crippen LogP contribution < -0.4 is 33.1 Å². The van der Waals surface area contributed by atoms with Gasteiger partial charge in [-0.2, -0.15) is 0 Å². The molecule has 2 aliphatic rings. The van der Waals surface area contributed by atoms with E-state index in [1.807, 2.05) is 6.92 Å². The molecule has 3 unspecified atom stereocenters. The number of aliphatic hydroxyl groups is 4. The number of nitrogens with zero attached hydrogens (tertiary/aromatic N) is 2. The Kier molecular flexibility index (Phi) is 16.5. The second-order valence-electron chi connectivity index (χ2n) is 10.5. The molecule has 0 saturated carbocycles. The Morgan fingerprint density at radius 3 is 1.79 bits per heavy atom. The van der Waals surface area contributed by atoms with E-state index in [9.17, 15) is 30.6 Å². The standard InChI is InChI=1S/C13H27N3O4.C12H25N3O4/c1-9-6-11(17)13(19,20-7-9)8-16-12(18)10(15)4-2-3-5-14;13-6-2-1-4-9(14)11(17)15-8-12(18)10(16)5-3-7-19-12/h9-11,17,19H,2-8,14-15H2,1H3,(H,16,18);9-10,16,18H,1-8,13-14H2,(H,15,17)/p-2/t9?,10-,11?,13-;9-,10?,12-/m00/s1. The van der Waals surface area contributed by atoms with Gasteiger partial charge in [-0.05, 0) is 75.7 Å². The Hall–Kier alpha value is -1.46. The maximum Gasteiger partial charge on any atom is 0.212 e. The fourth-order valence-electron chi connectivity index (χ4n) is 4.05. The van der Waals surface area contributed by atoms with Gasteiger partial charge >= 0.3 is 0 Å². The second kappa shape index (κ2) is 18.1.